The predicted octanol–water partition coefficient (Wildman–Crippen LogP) is 14.2. The number of benzene rings is 11. The Morgan fingerprint density at radius 3 is 1.18 bits per heavy atom. The second kappa shape index (κ2) is 13.9. The molecule has 0 atom stereocenters. The minimum absolute atomic E-state index is 0.104. The summed E-state index contributed by atoms with van der Waals surface area (Å²) in [6, 6.07) is 82.8. The van der Waals surface area contributed by atoms with Gasteiger partial charge in [0.05, 0.1) is 22.1 Å². The van der Waals surface area contributed by atoms with Crippen LogP contribution in [0, 0.1) is 0 Å². The first-order chi connectivity index (χ1) is 33.2. The van der Waals surface area contributed by atoms with Crippen LogP contribution >= 0.6 is 0 Å². The van der Waals surface area contributed by atoms with E-state index in [2.05, 4.69) is 244 Å². The highest BCUT2D eigenvalue weighted by Gasteiger charge is 2.41. The molecule has 4 nitrogen and oxygen atoms in total. The number of aromatic nitrogens is 2. The van der Waals surface area contributed by atoms with Gasteiger partial charge in [-0.25, -0.2) is 0 Å². The number of nitrogens with one attached hydrogen (secondary N) is 2. The minimum Gasteiger partial charge on any atom is -0.356 e. The average Bonchev–Trinajstić information content (AvgIpc) is 3.89. The summed E-state index contributed by atoms with van der Waals surface area (Å²) in [5.74, 6) is 0. The molecule has 0 radical (unpaired) electrons. The SMILES string of the molecule is c1ccc(-n2c3ccccc3c3cc4c(cc32)Nc2c(-c3cccc5ccccc35)cc(-c3cccc5ccccc35)c3c2B4c2cc4c5ccccc5n(-c5ccccc5)c4cc2N3)cc1. The fourth-order valence-electron chi connectivity index (χ4n) is 11.8. The highest BCUT2D eigenvalue weighted by atomic mass is 15.0. The van der Waals surface area contributed by atoms with Crippen LogP contribution < -0.4 is 27.0 Å². The molecule has 2 aliphatic heterocycles. The molecule has 0 spiro atoms. The summed E-state index contributed by atoms with van der Waals surface area (Å²) >= 11 is 0. The van der Waals surface area contributed by atoms with Crippen molar-refractivity contribution in [2.24, 2.45) is 0 Å². The zero-order valence-electron chi connectivity index (χ0n) is 36.3. The third-order valence-electron chi connectivity index (χ3n) is 14.7. The molecule has 2 aliphatic rings. The van der Waals surface area contributed by atoms with Crippen LogP contribution in [0.3, 0.4) is 0 Å². The number of hydrogen-bond donors (Lipinski definition) is 2. The van der Waals surface area contributed by atoms with E-state index in [1.807, 2.05) is 0 Å². The van der Waals surface area contributed by atoms with Crippen molar-refractivity contribution in [3.8, 4) is 33.6 Å². The molecule has 67 heavy (non-hydrogen) atoms. The monoisotopic (exact) mass is 850 g/mol. The van der Waals surface area contributed by atoms with Gasteiger partial charge in [-0.15, -0.1) is 0 Å². The number of para-hydroxylation sites is 4. The lowest BCUT2D eigenvalue weighted by atomic mass is 9.33. The Hall–Kier alpha value is -8.80. The van der Waals surface area contributed by atoms with Gasteiger partial charge in [0.15, 0.2) is 0 Å². The van der Waals surface area contributed by atoms with Gasteiger partial charge in [-0.05, 0) is 104 Å². The second-order valence-corrected chi connectivity index (χ2v) is 18.2. The fraction of sp³-hybridized carbons (Fsp3) is 0. The minimum atomic E-state index is -0.104. The van der Waals surface area contributed by atoms with Crippen molar-refractivity contribution in [2.75, 3.05) is 10.6 Å². The van der Waals surface area contributed by atoms with Gasteiger partial charge in [0.25, 0.3) is 6.71 Å². The van der Waals surface area contributed by atoms with Crippen LogP contribution in [0.2, 0.25) is 0 Å². The topological polar surface area (TPSA) is 33.9 Å². The van der Waals surface area contributed by atoms with Crippen LogP contribution in [0.4, 0.5) is 22.7 Å². The number of anilines is 4. The van der Waals surface area contributed by atoms with Gasteiger partial charge in [-0.1, -0.05) is 170 Å². The molecule has 15 rings (SSSR count). The van der Waals surface area contributed by atoms with Gasteiger partial charge in [0.1, 0.15) is 0 Å². The van der Waals surface area contributed by atoms with Crippen LogP contribution in [0.5, 0.6) is 0 Å². The molecule has 0 fully saturated rings. The van der Waals surface area contributed by atoms with Crippen molar-refractivity contribution in [3.63, 3.8) is 0 Å². The van der Waals surface area contributed by atoms with Crippen molar-refractivity contribution in [2.45, 2.75) is 0 Å². The molecule has 0 aliphatic carbocycles. The Kier molecular flexibility index (Phi) is 7.55. The van der Waals surface area contributed by atoms with Crippen LogP contribution in [-0.4, -0.2) is 15.8 Å². The predicted molar refractivity (Wildman–Crippen MR) is 285 cm³/mol. The summed E-state index contributed by atoms with van der Waals surface area (Å²) in [6.45, 7) is -0.104. The summed E-state index contributed by atoms with van der Waals surface area (Å²) < 4.78 is 4.86. The smallest absolute Gasteiger partial charge is 0.252 e. The Labute approximate surface area is 387 Å². The average molecular weight is 851 g/mol. The van der Waals surface area contributed by atoms with Gasteiger partial charge in [0, 0.05) is 66.8 Å². The molecule has 0 saturated carbocycles. The van der Waals surface area contributed by atoms with Gasteiger partial charge in [-0.3, -0.25) is 0 Å². The van der Waals surface area contributed by atoms with Crippen molar-refractivity contribution < 1.29 is 0 Å². The summed E-state index contributed by atoms with van der Waals surface area (Å²) in [5.41, 5.74) is 20.1. The lowest BCUT2D eigenvalue weighted by Crippen LogP contribution is -2.59. The highest BCUT2D eigenvalue weighted by molar-refractivity contribution is 7.00. The first kappa shape index (κ1) is 36.5. The lowest BCUT2D eigenvalue weighted by molar-refractivity contribution is 1.18. The third kappa shape index (κ3) is 5.19. The first-order valence-corrected chi connectivity index (χ1v) is 23.2. The number of nitrogens with zero attached hydrogens (tertiary/aromatic N) is 2. The van der Waals surface area contributed by atoms with E-state index < -0.39 is 0 Å². The third-order valence-corrected chi connectivity index (χ3v) is 14.7. The summed E-state index contributed by atoms with van der Waals surface area (Å²) in [6.07, 6.45) is 0. The maximum atomic E-state index is 4.21. The largest absolute Gasteiger partial charge is 0.356 e. The highest BCUT2D eigenvalue weighted by Crippen LogP contribution is 2.47. The number of rotatable bonds is 4. The van der Waals surface area contributed by atoms with E-state index in [0.717, 1.165) is 34.1 Å². The van der Waals surface area contributed by atoms with E-state index in [0.29, 0.717) is 0 Å². The molecule has 0 bridgehead atoms. The summed E-state index contributed by atoms with van der Waals surface area (Å²) in [7, 11) is 0. The van der Waals surface area contributed by atoms with E-state index >= 15 is 0 Å². The molecular weight excluding hydrogens is 812 g/mol. The summed E-state index contributed by atoms with van der Waals surface area (Å²) in [5, 5.41) is 18.3. The lowest BCUT2D eigenvalue weighted by Gasteiger charge is -2.38. The Balaban J connectivity index is 1.10. The van der Waals surface area contributed by atoms with E-state index in [-0.39, 0.29) is 6.71 Å². The maximum Gasteiger partial charge on any atom is 0.252 e. The Morgan fingerprint density at radius 1 is 0.299 bits per heavy atom. The normalized spacial score (nSPS) is 12.7. The second-order valence-electron chi connectivity index (χ2n) is 18.2. The van der Waals surface area contributed by atoms with E-state index in [4.69, 9.17) is 0 Å². The molecular formula is C62H39BN4. The molecule has 0 saturated heterocycles. The molecule has 2 aromatic heterocycles. The van der Waals surface area contributed by atoms with Gasteiger partial charge >= 0.3 is 0 Å². The van der Waals surface area contributed by atoms with E-state index in [1.165, 1.54) is 104 Å². The zero-order chi connectivity index (χ0) is 43.7. The van der Waals surface area contributed by atoms with Crippen LogP contribution in [0.15, 0.2) is 224 Å². The molecule has 13 aromatic rings. The number of fused-ring (bicyclic) bond motifs is 12. The Morgan fingerprint density at radius 2 is 0.701 bits per heavy atom. The van der Waals surface area contributed by atoms with Gasteiger partial charge in [0.2, 0.25) is 0 Å². The Bertz CT molecular complexity index is 3940. The fourth-order valence-corrected chi connectivity index (χ4v) is 11.8. The first-order valence-electron chi connectivity index (χ1n) is 23.2. The van der Waals surface area contributed by atoms with Crippen LogP contribution in [0.25, 0.3) is 98.8 Å². The van der Waals surface area contributed by atoms with E-state index in [9.17, 15) is 0 Å². The maximum absolute atomic E-state index is 4.21. The van der Waals surface area contributed by atoms with Crippen molar-refractivity contribution >= 4 is 111 Å². The van der Waals surface area contributed by atoms with Crippen molar-refractivity contribution in [3.05, 3.63) is 224 Å². The molecule has 0 unspecified atom stereocenters. The standard InChI is InChI=1S/C62H39BN4/c1-3-21-40(22-4-1)66-56-31-13-11-27-46(56)48-34-52-54(36-58(48)66)64-61-50(44-29-15-19-38-17-7-9-25-42(38)44)33-51(45-30-16-20-39-18-8-10-26-43(39)45)62-60(61)63(52)53-35-49-47-28-12-14-32-57(47)67(41-23-5-2-6-24-41)59(49)37-55(53)65-62/h1-37,64-65H. The molecule has 5 heteroatoms. The van der Waals surface area contributed by atoms with E-state index in [1.54, 1.807) is 0 Å². The molecule has 4 heterocycles. The quantitative estimate of drug-likeness (QED) is 0.173. The molecule has 0 amide bonds. The van der Waals surface area contributed by atoms with Gasteiger partial charge in [-0.2, -0.15) is 0 Å². The van der Waals surface area contributed by atoms with Crippen LogP contribution in [-0.2, 0) is 0 Å². The molecule has 2 N–H and O–H groups in total. The molecule has 310 valence electrons. The van der Waals surface area contributed by atoms with Crippen LogP contribution in [0.1, 0.15) is 0 Å². The molecule has 11 aromatic carbocycles. The number of hydrogen-bond acceptors (Lipinski definition) is 2. The zero-order valence-corrected chi connectivity index (χ0v) is 36.3. The van der Waals surface area contributed by atoms with Gasteiger partial charge < -0.3 is 19.8 Å². The van der Waals surface area contributed by atoms with Crippen molar-refractivity contribution in [1.29, 1.82) is 0 Å². The van der Waals surface area contributed by atoms with Crippen molar-refractivity contribution in [1.82, 2.24) is 9.13 Å². The summed E-state index contributed by atoms with van der Waals surface area (Å²) in [4.78, 5) is 0.